The first-order valence-corrected chi connectivity index (χ1v) is 6.20. The minimum absolute atomic E-state index is 0.196. The molecule has 2 N–H and O–H groups in total. The summed E-state index contributed by atoms with van der Waals surface area (Å²) in [6, 6.07) is 6.45. The van der Waals surface area contributed by atoms with Crippen LogP contribution in [0, 0.1) is 11.7 Å². The van der Waals surface area contributed by atoms with Crippen molar-refractivity contribution in [1.82, 2.24) is 0 Å². The number of halogens is 1. The first-order chi connectivity index (χ1) is 8.13. The molecule has 1 atom stereocenters. The fraction of sp³-hybridized carbons (Fsp3) is 0.571. The minimum atomic E-state index is -0.244. The summed E-state index contributed by atoms with van der Waals surface area (Å²) < 4.78 is 18.8. The van der Waals surface area contributed by atoms with E-state index in [0.29, 0.717) is 19.1 Å². The lowest BCUT2D eigenvalue weighted by molar-refractivity contribution is 0.0544. The van der Waals surface area contributed by atoms with E-state index in [0.717, 1.165) is 18.4 Å². The van der Waals surface area contributed by atoms with Gasteiger partial charge in [-0.15, -0.1) is 0 Å². The monoisotopic (exact) mass is 239 g/mol. The number of hydrogen-bond acceptors (Lipinski definition) is 2. The summed E-state index contributed by atoms with van der Waals surface area (Å²) in [5.41, 5.74) is 6.47. The van der Waals surface area contributed by atoms with Gasteiger partial charge in [0.25, 0.3) is 0 Å². The molecule has 0 aliphatic heterocycles. The molecule has 3 heteroatoms. The van der Waals surface area contributed by atoms with Crippen molar-refractivity contribution in [1.29, 1.82) is 0 Å². The van der Waals surface area contributed by atoms with Crippen LogP contribution in [-0.2, 0) is 4.74 Å². The molecule has 0 saturated carbocycles. The highest BCUT2D eigenvalue weighted by Gasteiger charge is 2.10. The molecule has 0 saturated heterocycles. The van der Waals surface area contributed by atoms with E-state index in [4.69, 9.17) is 10.5 Å². The number of nitrogens with two attached hydrogens (primary N) is 1. The average Bonchev–Trinajstić information content (AvgIpc) is 2.29. The summed E-state index contributed by atoms with van der Waals surface area (Å²) in [5.74, 6) is 0.441. The molecule has 1 aromatic rings. The van der Waals surface area contributed by atoms with Crippen LogP contribution in [0.2, 0.25) is 0 Å². The molecule has 1 rings (SSSR count). The van der Waals surface area contributed by atoms with Crippen molar-refractivity contribution in [2.75, 3.05) is 13.2 Å². The molecule has 0 radical (unpaired) electrons. The summed E-state index contributed by atoms with van der Waals surface area (Å²) in [7, 11) is 0. The maximum Gasteiger partial charge on any atom is 0.123 e. The van der Waals surface area contributed by atoms with Crippen LogP contribution in [0.4, 0.5) is 4.39 Å². The van der Waals surface area contributed by atoms with E-state index in [1.807, 2.05) is 6.07 Å². The fourth-order valence-electron chi connectivity index (χ4n) is 1.72. The Balaban J connectivity index is 2.43. The number of hydrogen-bond donors (Lipinski definition) is 1. The average molecular weight is 239 g/mol. The van der Waals surface area contributed by atoms with E-state index in [1.165, 1.54) is 12.1 Å². The van der Waals surface area contributed by atoms with Crippen LogP contribution in [0.3, 0.4) is 0 Å². The van der Waals surface area contributed by atoms with Gasteiger partial charge in [0.2, 0.25) is 0 Å². The fourth-order valence-corrected chi connectivity index (χ4v) is 1.72. The summed E-state index contributed by atoms with van der Waals surface area (Å²) in [6.45, 7) is 5.43. The number of benzene rings is 1. The van der Waals surface area contributed by atoms with Crippen molar-refractivity contribution in [2.24, 2.45) is 11.7 Å². The molecule has 2 nitrogen and oxygen atoms in total. The predicted octanol–water partition coefficient (Wildman–Crippen LogP) is 3.28. The maximum absolute atomic E-state index is 13.1. The Hall–Kier alpha value is -0.930. The lowest BCUT2D eigenvalue weighted by atomic mass is 10.1. The molecule has 0 bridgehead atoms. The van der Waals surface area contributed by atoms with Crippen molar-refractivity contribution in [3.8, 4) is 0 Å². The Morgan fingerprint density at radius 2 is 2.12 bits per heavy atom. The summed E-state index contributed by atoms with van der Waals surface area (Å²) in [4.78, 5) is 0. The molecule has 0 heterocycles. The highest BCUT2D eigenvalue weighted by Crippen LogP contribution is 2.18. The Bertz CT molecular complexity index is 328. The highest BCUT2D eigenvalue weighted by atomic mass is 19.1. The normalized spacial score (nSPS) is 13.0. The van der Waals surface area contributed by atoms with Crippen molar-refractivity contribution in [3.63, 3.8) is 0 Å². The zero-order valence-corrected chi connectivity index (χ0v) is 10.7. The van der Waals surface area contributed by atoms with Gasteiger partial charge in [0, 0.05) is 13.2 Å². The van der Waals surface area contributed by atoms with E-state index in [1.54, 1.807) is 6.07 Å². The molecule has 0 fully saturated rings. The van der Waals surface area contributed by atoms with E-state index in [9.17, 15) is 4.39 Å². The minimum Gasteiger partial charge on any atom is -0.372 e. The lowest BCUT2D eigenvalue weighted by Gasteiger charge is -2.16. The highest BCUT2D eigenvalue weighted by molar-refractivity contribution is 5.19. The lowest BCUT2D eigenvalue weighted by Crippen LogP contribution is -2.16. The van der Waals surface area contributed by atoms with Gasteiger partial charge in [-0.3, -0.25) is 0 Å². The molecule has 0 aliphatic rings. The molecule has 1 unspecified atom stereocenters. The number of ether oxygens (including phenoxy) is 1. The third-order valence-corrected chi connectivity index (χ3v) is 2.68. The van der Waals surface area contributed by atoms with E-state index in [2.05, 4.69) is 13.8 Å². The van der Waals surface area contributed by atoms with Gasteiger partial charge in [-0.05, 0) is 36.5 Å². The Kier molecular flexibility index (Phi) is 6.16. The predicted molar refractivity (Wildman–Crippen MR) is 68.2 cm³/mol. The van der Waals surface area contributed by atoms with Crippen LogP contribution in [0.1, 0.15) is 38.4 Å². The Morgan fingerprint density at radius 1 is 1.35 bits per heavy atom. The molecule has 1 aromatic carbocycles. The van der Waals surface area contributed by atoms with Gasteiger partial charge in [-0.2, -0.15) is 0 Å². The molecule has 0 aromatic heterocycles. The summed E-state index contributed by atoms with van der Waals surface area (Å²) in [6.07, 6.45) is 1.96. The largest absolute Gasteiger partial charge is 0.372 e. The second kappa shape index (κ2) is 7.41. The van der Waals surface area contributed by atoms with Gasteiger partial charge in [-0.25, -0.2) is 4.39 Å². The second-order valence-electron chi connectivity index (χ2n) is 4.69. The van der Waals surface area contributed by atoms with Gasteiger partial charge in [0.1, 0.15) is 5.82 Å². The third kappa shape index (κ3) is 5.29. The van der Waals surface area contributed by atoms with E-state index >= 15 is 0 Å². The van der Waals surface area contributed by atoms with Crippen LogP contribution >= 0.6 is 0 Å². The molecule has 0 spiro atoms. The van der Waals surface area contributed by atoms with Crippen molar-refractivity contribution >= 4 is 0 Å². The van der Waals surface area contributed by atoms with Gasteiger partial charge in [0.15, 0.2) is 0 Å². The smallest absolute Gasteiger partial charge is 0.123 e. The standard InChI is InChI=1S/C14H22FNO/c1-11(2)5-4-8-17-14(10-16)12-6-3-7-13(15)9-12/h3,6-7,9,11,14H,4-5,8,10,16H2,1-2H3. The van der Waals surface area contributed by atoms with Crippen LogP contribution < -0.4 is 5.73 Å². The summed E-state index contributed by atoms with van der Waals surface area (Å²) in [5, 5.41) is 0. The Labute approximate surface area is 103 Å². The van der Waals surface area contributed by atoms with E-state index in [-0.39, 0.29) is 11.9 Å². The second-order valence-corrected chi connectivity index (χ2v) is 4.69. The van der Waals surface area contributed by atoms with Crippen LogP contribution in [0.15, 0.2) is 24.3 Å². The molecule has 0 amide bonds. The van der Waals surface area contributed by atoms with Crippen LogP contribution in [0.5, 0.6) is 0 Å². The van der Waals surface area contributed by atoms with E-state index < -0.39 is 0 Å². The molecule has 17 heavy (non-hydrogen) atoms. The molecule has 96 valence electrons. The third-order valence-electron chi connectivity index (χ3n) is 2.68. The van der Waals surface area contributed by atoms with Gasteiger partial charge in [0.05, 0.1) is 6.10 Å². The van der Waals surface area contributed by atoms with Crippen LogP contribution in [-0.4, -0.2) is 13.2 Å². The number of rotatable bonds is 7. The SMILES string of the molecule is CC(C)CCCOC(CN)c1cccc(F)c1. The Morgan fingerprint density at radius 3 is 2.71 bits per heavy atom. The zero-order valence-electron chi connectivity index (χ0n) is 10.7. The first-order valence-electron chi connectivity index (χ1n) is 6.20. The summed E-state index contributed by atoms with van der Waals surface area (Å²) >= 11 is 0. The van der Waals surface area contributed by atoms with Gasteiger partial charge < -0.3 is 10.5 Å². The molecular weight excluding hydrogens is 217 g/mol. The van der Waals surface area contributed by atoms with Crippen LogP contribution in [0.25, 0.3) is 0 Å². The molecular formula is C14H22FNO. The van der Waals surface area contributed by atoms with Crippen molar-refractivity contribution in [2.45, 2.75) is 32.8 Å². The molecule has 0 aliphatic carbocycles. The van der Waals surface area contributed by atoms with Crippen molar-refractivity contribution < 1.29 is 9.13 Å². The van der Waals surface area contributed by atoms with Gasteiger partial charge >= 0.3 is 0 Å². The first kappa shape index (κ1) is 14.1. The quantitative estimate of drug-likeness (QED) is 0.741. The van der Waals surface area contributed by atoms with Gasteiger partial charge in [-0.1, -0.05) is 26.0 Å². The van der Waals surface area contributed by atoms with Crippen molar-refractivity contribution in [3.05, 3.63) is 35.6 Å². The topological polar surface area (TPSA) is 35.2 Å². The maximum atomic E-state index is 13.1. The zero-order chi connectivity index (χ0) is 12.7.